The molecule has 0 saturated carbocycles. The third kappa shape index (κ3) is 2.76. The van der Waals surface area contributed by atoms with E-state index in [1.165, 1.54) is 0 Å². The first kappa shape index (κ1) is 14.4. The minimum atomic E-state index is 0.0618. The maximum absolute atomic E-state index is 12.6. The number of likely N-dealkylation sites (tertiary alicyclic amines) is 1. The molecular weight excluding hydrogens is 330 g/mol. The number of nitrogens with two attached hydrogens (primary N) is 1. The van der Waals surface area contributed by atoms with Gasteiger partial charge in [0.15, 0.2) is 0 Å². The fraction of sp³-hybridized carbons (Fsp3) is 0.312. The molecule has 1 aromatic heterocycles. The van der Waals surface area contributed by atoms with Crippen LogP contribution >= 0.6 is 15.9 Å². The zero-order valence-electron chi connectivity index (χ0n) is 11.9. The third-order valence-corrected chi connectivity index (χ3v) is 4.47. The summed E-state index contributed by atoms with van der Waals surface area (Å²) in [5.74, 6) is 0.0618. The Morgan fingerprint density at radius 1 is 1.33 bits per heavy atom. The van der Waals surface area contributed by atoms with Crippen LogP contribution in [0.2, 0.25) is 0 Å². The average Bonchev–Trinajstić information content (AvgIpc) is 3.04. The molecule has 2 aromatic rings. The van der Waals surface area contributed by atoms with Crippen LogP contribution in [0.1, 0.15) is 16.9 Å². The number of hydrogen-bond donors (Lipinski definition) is 1. The lowest BCUT2D eigenvalue weighted by Gasteiger charge is -2.16. The number of rotatable bonds is 2. The van der Waals surface area contributed by atoms with E-state index in [1.807, 2.05) is 46.8 Å². The van der Waals surface area contributed by atoms with Gasteiger partial charge in [-0.2, -0.15) is 0 Å². The van der Waals surface area contributed by atoms with Gasteiger partial charge >= 0.3 is 0 Å². The summed E-state index contributed by atoms with van der Waals surface area (Å²) in [6, 6.07) is 12.1. The normalized spacial score (nSPS) is 18.2. The topological polar surface area (TPSA) is 51.3 Å². The first-order valence-corrected chi connectivity index (χ1v) is 7.82. The number of aromatic nitrogens is 1. The quantitative estimate of drug-likeness (QED) is 0.907. The Balaban J connectivity index is 1.91. The average molecular weight is 348 g/mol. The van der Waals surface area contributed by atoms with Crippen molar-refractivity contribution < 1.29 is 4.79 Å². The highest BCUT2D eigenvalue weighted by atomic mass is 79.9. The Kier molecular flexibility index (Phi) is 3.87. The highest BCUT2D eigenvalue weighted by Crippen LogP contribution is 2.25. The molecule has 0 bridgehead atoms. The van der Waals surface area contributed by atoms with Gasteiger partial charge in [0.2, 0.25) is 0 Å². The number of benzene rings is 1. The van der Waals surface area contributed by atoms with E-state index in [2.05, 4.69) is 22.0 Å². The summed E-state index contributed by atoms with van der Waals surface area (Å²) in [5.41, 5.74) is 8.71. The number of carbonyl (C=O) groups excluding carboxylic acids is 1. The summed E-state index contributed by atoms with van der Waals surface area (Å²) in [5, 5.41) is 0. The summed E-state index contributed by atoms with van der Waals surface area (Å²) in [7, 11) is 1.93. The van der Waals surface area contributed by atoms with Crippen molar-refractivity contribution in [1.29, 1.82) is 0 Å². The summed E-state index contributed by atoms with van der Waals surface area (Å²) in [4.78, 5) is 14.4. The van der Waals surface area contributed by atoms with Crippen LogP contribution in [0, 0.1) is 0 Å². The lowest BCUT2D eigenvalue weighted by atomic mass is 10.1. The lowest BCUT2D eigenvalue weighted by Crippen LogP contribution is -2.32. The molecule has 110 valence electrons. The Bertz CT molecular complexity index is 680. The zero-order valence-corrected chi connectivity index (χ0v) is 13.5. The van der Waals surface area contributed by atoms with Crippen LogP contribution in [0.25, 0.3) is 11.3 Å². The van der Waals surface area contributed by atoms with E-state index in [4.69, 9.17) is 5.73 Å². The predicted octanol–water partition coefficient (Wildman–Crippen LogP) is 2.63. The van der Waals surface area contributed by atoms with Gasteiger partial charge in [0.05, 0.1) is 0 Å². The molecule has 0 spiro atoms. The molecule has 1 aromatic carbocycles. The Morgan fingerprint density at radius 2 is 2.14 bits per heavy atom. The first-order valence-electron chi connectivity index (χ1n) is 7.03. The van der Waals surface area contributed by atoms with Gasteiger partial charge in [0, 0.05) is 36.3 Å². The molecule has 0 unspecified atom stereocenters. The minimum absolute atomic E-state index is 0.0618. The van der Waals surface area contributed by atoms with E-state index in [9.17, 15) is 4.79 Å². The SMILES string of the molecule is Cn1c(C(=O)N2CC[C@H](N)C2)ccc1-c1cccc(Br)c1. The molecule has 2 N–H and O–H groups in total. The van der Waals surface area contributed by atoms with Gasteiger partial charge in [-0.1, -0.05) is 28.1 Å². The molecule has 0 radical (unpaired) electrons. The van der Waals surface area contributed by atoms with Crippen molar-refractivity contribution in [3.8, 4) is 11.3 Å². The Hall–Kier alpha value is -1.59. The molecular formula is C16H18BrN3O. The van der Waals surface area contributed by atoms with E-state index in [0.717, 1.165) is 28.7 Å². The van der Waals surface area contributed by atoms with Crippen molar-refractivity contribution in [3.63, 3.8) is 0 Å². The monoisotopic (exact) mass is 347 g/mol. The van der Waals surface area contributed by atoms with Gasteiger partial charge in [-0.05, 0) is 36.2 Å². The zero-order chi connectivity index (χ0) is 15.0. The van der Waals surface area contributed by atoms with E-state index >= 15 is 0 Å². The van der Waals surface area contributed by atoms with Crippen LogP contribution < -0.4 is 5.73 Å². The van der Waals surface area contributed by atoms with Crippen molar-refractivity contribution in [1.82, 2.24) is 9.47 Å². The van der Waals surface area contributed by atoms with E-state index < -0.39 is 0 Å². The van der Waals surface area contributed by atoms with E-state index in [0.29, 0.717) is 12.2 Å². The summed E-state index contributed by atoms with van der Waals surface area (Å²) in [6.45, 7) is 1.40. The van der Waals surface area contributed by atoms with Crippen molar-refractivity contribution >= 4 is 21.8 Å². The minimum Gasteiger partial charge on any atom is -0.340 e. The molecule has 2 heterocycles. The van der Waals surface area contributed by atoms with Crippen LogP contribution in [-0.4, -0.2) is 34.5 Å². The maximum atomic E-state index is 12.6. The van der Waals surface area contributed by atoms with Crippen molar-refractivity contribution in [2.45, 2.75) is 12.5 Å². The largest absolute Gasteiger partial charge is 0.340 e. The highest BCUT2D eigenvalue weighted by molar-refractivity contribution is 9.10. The lowest BCUT2D eigenvalue weighted by molar-refractivity contribution is 0.0781. The summed E-state index contributed by atoms with van der Waals surface area (Å²) < 4.78 is 2.98. The molecule has 1 aliphatic heterocycles. The molecule has 1 fully saturated rings. The number of halogens is 1. The van der Waals surface area contributed by atoms with Crippen molar-refractivity contribution in [3.05, 3.63) is 46.6 Å². The van der Waals surface area contributed by atoms with Gasteiger partial charge in [0.1, 0.15) is 5.69 Å². The van der Waals surface area contributed by atoms with Crippen molar-refractivity contribution in [2.75, 3.05) is 13.1 Å². The molecule has 0 aliphatic carbocycles. The number of nitrogens with zero attached hydrogens (tertiary/aromatic N) is 2. The molecule has 1 atom stereocenters. The second-order valence-electron chi connectivity index (χ2n) is 5.47. The summed E-state index contributed by atoms with van der Waals surface area (Å²) >= 11 is 3.48. The van der Waals surface area contributed by atoms with Gasteiger partial charge in [-0.15, -0.1) is 0 Å². The first-order chi connectivity index (χ1) is 10.1. The van der Waals surface area contributed by atoms with E-state index in [-0.39, 0.29) is 11.9 Å². The molecule has 21 heavy (non-hydrogen) atoms. The predicted molar refractivity (Wildman–Crippen MR) is 87.0 cm³/mol. The molecule has 1 saturated heterocycles. The van der Waals surface area contributed by atoms with Crippen molar-refractivity contribution in [2.24, 2.45) is 12.8 Å². The van der Waals surface area contributed by atoms with Crippen LogP contribution in [0.5, 0.6) is 0 Å². The molecule has 4 nitrogen and oxygen atoms in total. The second-order valence-corrected chi connectivity index (χ2v) is 6.39. The fourth-order valence-electron chi connectivity index (χ4n) is 2.80. The van der Waals surface area contributed by atoms with Gasteiger partial charge < -0.3 is 15.2 Å². The fourth-order valence-corrected chi connectivity index (χ4v) is 3.20. The van der Waals surface area contributed by atoms with Crippen LogP contribution in [0.15, 0.2) is 40.9 Å². The van der Waals surface area contributed by atoms with Crippen LogP contribution in [0.4, 0.5) is 0 Å². The van der Waals surface area contributed by atoms with Gasteiger partial charge in [0.25, 0.3) is 5.91 Å². The van der Waals surface area contributed by atoms with Gasteiger partial charge in [-0.3, -0.25) is 4.79 Å². The standard InChI is InChI=1S/C16H18BrN3O/c1-19-14(11-3-2-4-12(17)9-11)5-6-15(19)16(21)20-8-7-13(18)10-20/h2-6,9,13H,7-8,10,18H2,1H3/t13-/m0/s1. The van der Waals surface area contributed by atoms with Gasteiger partial charge in [-0.25, -0.2) is 0 Å². The Labute approximate surface area is 132 Å². The molecule has 3 rings (SSSR count). The third-order valence-electron chi connectivity index (χ3n) is 3.97. The smallest absolute Gasteiger partial charge is 0.270 e. The number of amides is 1. The highest BCUT2D eigenvalue weighted by Gasteiger charge is 2.26. The number of carbonyl (C=O) groups is 1. The maximum Gasteiger partial charge on any atom is 0.270 e. The number of hydrogen-bond acceptors (Lipinski definition) is 2. The molecule has 1 amide bonds. The van der Waals surface area contributed by atoms with Crippen LogP contribution in [0.3, 0.4) is 0 Å². The second kappa shape index (κ2) is 5.66. The molecule has 1 aliphatic rings. The summed E-state index contributed by atoms with van der Waals surface area (Å²) in [6.07, 6.45) is 0.884. The Morgan fingerprint density at radius 3 is 2.81 bits per heavy atom. The molecule has 5 heteroatoms. The van der Waals surface area contributed by atoms with E-state index in [1.54, 1.807) is 0 Å². The van der Waals surface area contributed by atoms with Crippen LogP contribution in [-0.2, 0) is 7.05 Å².